The van der Waals surface area contributed by atoms with Crippen LogP contribution >= 0.6 is 0 Å². The van der Waals surface area contributed by atoms with E-state index in [0.717, 1.165) is 24.5 Å². The Morgan fingerprint density at radius 1 is 1.10 bits per heavy atom. The summed E-state index contributed by atoms with van der Waals surface area (Å²) in [5, 5.41) is 11.3. The second-order valence-corrected chi connectivity index (χ2v) is 7.64. The SMILES string of the molecule is CC1CN(c2ccc(NC(=O)CCn3nnc4ccccc4c3=O)cc2)CC(C)O1. The third kappa shape index (κ3) is 4.49. The number of aryl methyl sites for hydroxylation is 1. The molecule has 1 fully saturated rings. The second kappa shape index (κ2) is 8.62. The molecule has 2 heterocycles. The van der Waals surface area contributed by atoms with Crippen LogP contribution in [-0.2, 0) is 16.1 Å². The number of morpholine rings is 1. The first-order valence-electron chi connectivity index (χ1n) is 10.1. The number of fused-ring (bicyclic) bond motifs is 1. The van der Waals surface area contributed by atoms with Crippen molar-refractivity contribution in [2.24, 2.45) is 0 Å². The molecule has 1 aliphatic heterocycles. The number of nitrogens with zero attached hydrogens (tertiary/aromatic N) is 4. The largest absolute Gasteiger partial charge is 0.372 e. The minimum absolute atomic E-state index is 0.132. The number of nitrogens with one attached hydrogen (secondary N) is 1. The van der Waals surface area contributed by atoms with E-state index in [-0.39, 0.29) is 36.6 Å². The van der Waals surface area contributed by atoms with E-state index in [2.05, 4.69) is 34.4 Å². The number of hydrogen-bond acceptors (Lipinski definition) is 6. The molecule has 0 saturated carbocycles. The van der Waals surface area contributed by atoms with Crippen LogP contribution in [0, 0.1) is 0 Å². The first-order valence-corrected chi connectivity index (χ1v) is 10.1. The molecule has 8 nitrogen and oxygen atoms in total. The molecule has 0 radical (unpaired) electrons. The van der Waals surface area contributed by atoms with Gasteiger partial charge >= 0.3 is 0 Å². The first-order chi connectivity index (χ1) is 14.5. The zero-order valence-corrected chi connectivity index (χ0v) is 17.1. The van der Waals surface area contributed by atoms with E-state index in [1.165, 1.54) is 4.68 Å². The van der Waals surface area contributed by atoms with Gasteiger partial charge in [0.25, 0.3) is 5.56 Å². The summed E-state index contributed by atoms with van der Waals surface area (Å²) in [6, 6.07) is 14.8. The summed E-state index contributed by atoms with van der Waals surface area (Å²) < 4.78 is 7.01. The summed E-state index contributed by atoms with van der Waals surface area (Å²) in [6.07, 6.45) is 0.511. The van der Waals surface area contributed by atoms with Gasteiger partial charge in [0.05, 0.1) is 24.1 Å². The Kier molecular flexibility index (Phi) is 5.76. The average Bonchev–Trinajstić information content (AvgIpc) is 2.73. The number of hydrogen-bond donors (Lipinski definition) is 1. The van der Waals surface area contributed by atoms with Crippen molar-refractivity contribution < 1.29 is 9.53 Å². The van der Waals surface area contributed by atoms with Crippen molar-refractivity contribution in [2.45, 2.75) is 39.0 Å². The van der Waals surface area contributed by atoms with E-state index in [1.54, 1.807) is 24.3 Å². The minimum atomic E-state index is -0.244. The van der Waals surface area contributed by atoms with E-state index in [0.29, 0.717) is 10.9 Å². The van der Waals surface area contributed by atoms with E-state index in [4.69, 9.17) is 4.74 Å². The third-order valence-electron chi connectivity index (χ3n) is 5.12. The lowest BCUT2D eigenvalue weighted by Gasteiger charge is -2.36. The predicted molar refractivity (Wildman–Crippen MR) is 116 cm³/mol. The zero-order valence-electron chi connectivity index (χ0n) is 17.1. The molecule has 1 N–H and O–H groups in total. The van der Waals surface area contributed by atoms with Gasteiger partial charge in [-0.25, -0.2) is 4.68 Å². The second-order valence-electron chi connectivity index (χ2n) is 7.64. The monoisotopic (exact) mass is 407 g/mol. The first kappa shape index (κ1) is 20.0. The Labute approximate surface area is 174 Å². The van der Waals surface area contributed by atoms with Crippen LogP contribution in [0.4, 0.5) is 11.4 Å². The van der Waals surface area contributed by atoms with Crippen molar-refractivity contribution in [1.29, 1.82) is 0 Å². The van der Waals surface area contributed by atoms with Crippen LogP contribution in [0.5, 0.6) is 0 Å². The van der Waals surface area contributed by atoms with Gasteiger partial charge in [0.2, 0.25) is 5.91 Å². The number of anilines is 2. The molecule has 2 aromatic carbocycles. The van der Waals surface area contributed by atoms with Gasteiger partial charge in [-0.3, -0.25) is 9.59 Å². The maximum absolute atomic E-state index is 12.4. The van der Waals surface area contributed by atoms with Crippen LogP contribution in [0.3, 0.4) is 0 Å². The molecule has 1 aliphatic rings. The molecule has 30 heavy (non-hydrogen) atoms. The summed E-state index contributed by atoms with van der Waals surface area (Å²) in [4.78, 5) is 27.1. The summed E-state index contributed by atoms with van der Waals surface area (Å²) >= 11 is 0. The fraction of sp³-hybridized carbons (Fsp3) is 0.364. The quantitative estimate of drug-likeness (QED) is 0.699. The fourth-order valence-corrected chi connectivity index (χ4v) is 3.75. The van der Waals surface area contributed by atoms with E-state index in [1.807, 2.05) is 24.3 Å². The van der Waals surface area contributed by atoms with Crippen molar-refractivity contribution in [3.63, 3.8) is 0 Å². The van der Waals surface area contributed by atoms with Gasteiger partial charge in [-0.05, 0) is 50.2 Å². The highest BCUT2D eigenvalue weighted by Crippen LogP contribution is 2.22. The number of aromatic nitrogens is 3. The molecular weight excluding hydrogens is 382 g/mol. The Morgan fingerprint density at radius 2 is 1.80 bits per heavy atom. The van der Waals surface area contributed by atoms with Crippen molar-refractivity contribution in [1.82, 2.24) is 15.0 Å². The van der Waals surface area contributed by atoms with Crippen LogP contribution < -0.4 is 15.8 Å². The van der Waals surface area contributed by atoms with E-state index in [9.17, 15) is 9.59 Å². The van der Waals surface area contributed by atoms with Gasteiger partial charge in [0, 0.05) is 30.9 Å². The van der Waals surface area contributed by atoms with Gasteiger partial charge in [0.1, 0.15) is 5.52 Å². The van der Waals surface area contributed by atoms with Crippen molar-refractivity contribution >= 4 is 28.2 Å². The molecule has 0 bridgehead atoms. The highest BCUT2D eigenvalue weighted by Gasteiger charge is 2.22. The highest BCUT2D eigenvalue weighted by atomic mass is 16.5. The maximum Gasteiger partial charge on any atom is 0.277 e. The van der Waals surface area contributed by atoms with Crippen LogP contribution in [-0.4, -0.2) is 46.2 Å². The Balaban J connectivity index is 1.35. The van der Waals surface area contributed by atoms with Gasteiger partial charge < -0.3 is 15.0 Å². The molecule has 156 valence electrons. The molecule has 3 aromatic rings. The predicted octanol–water partition coefficient (Wildman–Crippen LogP) is 2.43. The van der Waals surface area contributed by atoms with Crippen LogP contribution in [0.15, 0.2) is 53.3 Å². The Morgan fingerprint density at radius 3 is 2.53 bits per heavy atom. The summed E-state index contributed by atoms with van der Waals surface area (Å²) in [5.74, 6) is -0.182. The fourth-order valence-electron chi connectivity index (χ4n) is 3.75. The van der Waals surface area contributed by atoms with E-state index < -0.39 is 0 Å². The lowest BCUT2D eigenvalue weighted by molar-refractivity contribution is -0.116. The number of amides is 1. The van der Waals surface area contributed by atoms with Gasteiger partial charge in [-0.15, -0.1) is 5.10 Å². The third-order valence-corrected chi connectivity index (χ3v) is 5.12. The molecule has 4 rings (SSSR count). The average molecular weight is 407 g/mol. The number of ether oxygens (including phenoxy) is 1. The zero-order chi connectivity index (χ0) is 21.1. The number of rotatable bonds is 5. The maximum atomic E-state index is 12.4. The van der Waals surface area contributed by atoms with Gasteiger partial charge in [-0.2, -0.15) is 0 Å². The molecule has 0 aliphatic carbocycles. The molecule has 8 heteroatoms. The number of carbonyl (C=O) groups excluding carboxylic acids is 1. The Bertz CT molecular complexity index is 1090. The number of benzene rings is 2. The molecule has 2 atom stereocenters. The van der Waals surface area contributed by atoms with Gasteiger partial charge in [0.15, 0.2) is 0 Å². The number of carbonyl (C=O) groups is 1. The summed E-state index contributed by atoms with van der Waals surface area (Å²) in [5.41, 5.74) is 2.13. The Hall–Kier alpha value is -3.26. The minimum Gasteiger partial charge on any atom is -0.372 e. The normalized spacial score (nSPS) is 19.1. The van der Waals surface area contributed by atoms with Crippen LogP contribution in [0.25, 0.3) is 10.9 Å². The lowest BCUT2D eigenvalue weighted by atomic mass is 10.2. The van der Waals surface area contributed by atoms with Crippen LogP contribution in [0.1, 0.15) is 20.3 Å². The topological polar surface area (TPSA) is 89.4 Å². The molecule has 0 spiro atoms. The summed E-state index contributed by atoms with van der Waals surface area (Å²) in [7, 11) is 0. The standard InChI is InChI=1S/C22H25N5O3/c1-15-13-26(14-16(2)30-15)18-9-7-17(8-10-18)23-21(28)11-12-27-22(29)19-5-3-4-6-20(19)24-25-27/h3-10,15-16H,11-14H2,1-2H3,(H,23,28). The van der Waals surface area contributed by atoms with Crippen molar-refractivity contribution in [3.8, 4) is 0 Å². The van der Waals surface area contributed by atoms with Gasteiger partial charge in [-0.1, -0.05) is 17.3 Å². The van der Waals surface area contributed by atoms with E-state index >= 15 is 0 Å². The molecular formula is C22H25N5O3. The molecule has 2 unspecified atom stereocenters. The molecule has 1 saturated heterocycles. The smallest absolute Gasteiger partial charge is 0.277 e. The van der Waals surface area contributed by atoms with Crippen LogP contribution in [0.2, 0.25) is 0 Å². The van der Waals surface area contributed by atoms with Crippen molar-refractivity contribution in [3.05, 3.63) is 58.9 Å². The highest BCUT2D eigenvalue weighted by molar-refractivity contribution is 5.90. The van der Waals surface area contributed by atoms with Crippen molar-refractivity contribution in [2.75, 3.05) is 23.3 Å². The lowest BCUT2D eigenvalue weighted by Crippen LogP contribution is -2.45. The molecule has 1 aromatic heterocycles. The molecule has 1 amide bonds. The summed E-state index contributed by atoms with van der Waals surface area (Å²) in [6.45, 7) is 6.00.